The van der Waals surface area contributed by atoms with Crippen LogP contribution in [0.4, 0.5) is 5.69 Å². The summed E-state index contributed by atoms with van der Waals surface area (Å²) in [5.41, 5.74) is 6.77. The van der Waals surface area contributed by atoms with Crippen molar-refractivity contribution in [3.8, 4) is 0 Å². The van der Waals surface area contributed by atoms with E-state index in [1.54, 1.807) is 18.2 Å². The number of carbonyl (C=O) groups is 1. The van der Waals surface area contributed by atoms with Crippen molar-refractivity contribution in [1.82, 2.24) is 0 Å². The van der Waals surface area contributed by atoms with E-state index in [0.717, 1.165) is 0 Å². The van der Waals surface area contributed by atoms with E-state index in [9.17, 15) is 4.79 Å². The first kappa shape index (κ1) is 13.9. The second-order valence-corrected chi connectivity index (χ2v) is 5.08. The van der Waals surface area contributed by atoms with Gasteiger partial charge in [0.1, 0.15) is 4.99 Å². The molecule has 0 atom stereocenters. The number of benzene rings is 1. The van der Waals surface area contributed by atoms with E-state index in [1.807, 2.05) is 13.8 Å². The average Bonchev–Trinajstić information content (AvgIpc) is 2.15. The second kappa shape index (κ2) is 5.98. The Balaban J connectivity index is 2.92. The maximum Gasteiger partial charge on any atom is 0.224 e. The van der Waals surface area contributed by atoms with Gasteiger partial charge in [-0.15, -0.1) is 0 Å². The maximum absolute atomic E-state index is 11.7. The zero-order valence-corrected chi connectivity index (χ0v) is 11.4. The van der Waals surface area contributed by atoms with Crippen molar-refractivity contribution in [2.24, 2.45) is 11.7 Å². The molecule has 0 radical (unpaired) electrons. The normalized spacial score (nSPS) is 10.4. The molecule has 1 amide bonds. The number of carbonyl (C=O) groups excluding carboxylic acids is 1. The van der Waals surface area contributed by atoms with Gasteiger partial charge in [-0.25, -0.2) is 0 Å². The van der Waals surface area contributed by atoms with E-state index in [0.29, 0.717) is 28.6 Å². The average molecular weight is 271 g/mol. The molecule has 3 N–H and O–H groups in total. The molecule has 0 saturated heterocycles. The molecule has 0 fully saturated rings. The van der Waals surface area contributed by atoms with Crippen LogP contribution in [0.25, 0.3) is 0 Å². The molecule has 0 aliphatic carbocycles. The molecule has 0 aliphatic heterocycles. The third kappa shape index (κ3) is 4.32. The highest BCUT2D eigenvalue weighted by atomic mass is 35.5. The first-order valence-electron chi connectivity index (χ1n) is 5.29. The topological polar surface area (TPSA) is 55.1 Å². The van der Waals surface area contributed by atoms with Gasteiger partial charge in [0.25, 0.3) is 0 Å². The molecule has 1 aromatic carbocycles. The van der Waals surface area contributed by atoms with Crippen molar-refractivity contribution in [2.75, 3.05) is 5.32 Å². The van der Waals surface area contributed by atoms with E-state index < -0.39 is 0 Å². The minimum Gasteiger partial charge on any atom is -0.389 e. The van der Waals surface area contributed by atoms with Gasteiger partial charge in [-0.2, -0.15) is 0 Å². The SMILES string of the molecule is CC(C)CC(=O)Nc1cc(Cl)ccc1C(N)=S. The summed E-state index contributed by atoms with van der Waals surface area (Å²) in [5, 5.41) is 3.31. The molecule has 0 spiro atoms. The minimum absolute atomic E-state index is 0.0697. The van der Waals surface area contributed by atoms with Crippen LogP contribution < -0.4 is 11.1 Å². The molecule has 0 unspecified atom stereocenters. The molecule has 0 aliphatic rings. The van der Waals surface area contributed by atoms with Crippen LogP contribution in [0.2, 0.25) is 5.02 Å². The molecule has 3 nitrogen and oxygen atoms in total. The van der Waals surface area contributed by atoms with Crippen LogP contribution in [0.3, 0.4) is 0 Å². The van der Waals surface area contributed by atoms with Crippen LogP contribution in [0.15, 0.2) is 18.2 Å². The Morgan fingerprint density at radius 3 is 2.71 bits per heavy atom. The highest BCUT2D eigenvalue weighted by Gasteiger charge is 2.10. The van der Waals surface area contributed by atoms with E-state index in [4.69, 9.17) is 29.6 Å². The minimum atomic E-state index is -0.0697. The van der Waals surface area contributed by atoms with Crippen molar-refractivity contribution < 1.29 is 4.79 Å². The third-order valence-corrected chi connectivity index (χ3v) is 2.57. The van der Waals surface area contributed by atoms with Crippen LogP contribution in [0.5, 0.6) is 0 Å². The summed E-state index contributed by atoms with van der Waals surface area (Å²) in [6.45, 7) is 3.96. The Labute approximate surface area is 111 Å². The molecule has 0 bridgehead atoms. The summed E-state index contributed by atoms with van der Waals surface area (Å²) in [6.07, 6.45) is 0.448. The Kier molecular flexibility index (Phi) is 4.90. The lowest BCUT2D eigenvalue weighted by Crippen LogP contribution is -2.18. The lowest BCUT2D eigenvalue weighted by atomic mass is 10.1. The highest BCUT2D eigenvalue weighted by molar-refractivity contribution is 7.80. The predicted octanol–water partition coefficient (Wildman–Crippen LogP) is 2.96. The number of hydrogen-bond acceptors (Lipinski definition) is 2. The second-order valence-electron chi connectivity index (χ2n) is 4.20. The third-order valence-electron chi connectivity index (χ3n) is 2.11. The molecule has 17 heavy (non-hydrogen) atoms. The lowest BCUT2D eigenvalue weighted by Gasteiger charge is -2.11. The largest absolute Gasteiger partial charge is 0.389 e. The number of thiocarbonyl (C=S) groups is 1. The molecule has 1 rings (SSSR count). The molecule has 0 saturated carbocycles. The Hall–Kier alpha value is -1.13. The molecule has 92 valence electrons. The number of anilines is 1. The van der Waals surface area contributed by atoms with Crippen LogP contribution in [-0.2, 0) is 4.79 Å². The van der Waals surface area contributed by atoms with Crippen LogP contribution >= 0.6 is 23.8 Å². The van der Waals surface area contributed by atoms with Gasteiger partial charge in [0.2, 0.25) is 5.91 Å². The lowest BCUT2D eigenvalue weighted by molar-refractivity contribution is -0.116. The molecular weight excluding hydrogens is 256 g/mol. The summed E-state index contributed by atoms with van der Waals surface area (Å²) in [4.78, 5) is 11.9. The highest BCUT2D eigenvalue weighted by Crippen LogP contribution is 2.21. The Morgan fingerprint density at radius 1 is 1.53 bits per heavy atom. The molecule has 0 aromatic heterocycles. The van der Waals surface area contributed by atoms with Gasteiger partial charge in [-0.05, 0) is 24.1 Å². The smallest absolute Gasteiger partial charge is 0.224 e. The van der Waals surface area contributed by atoms with Gasteiger partial charge in [0, 0.05) is 17.0 Å². The standard InChI is InChI=1S/C12H15ClN2OS/c1-7(2)5-11(16)15-10-6-8(13)3-4-9(10)12(14)17/h3-4,6-7H,5H2,1-2H3,(H2,14,17)(H,15,16). The molecule has 1 aromatic rings. The monoisotopic (exact) mass is 270 g/mol. The van der Waals surface area contributed by atoms with Crippen LogP contribution in [-0.4, -0.2) is 10.9 Å². The van der Waals surface area contributed by atoms with E-state index in [-0.39, 0.29) is 10.9 Å². The fraction of sp³-hybridized carbons (Fsp3) is 0.333. The summed E-state index contributed by atoms with van der Waals surface area (Å²) in [7, 11) is 0. The zero-order chi connectivity index (χ0) is 13.0. The van der Waals surface area contributed by atoms with Crippen LogP contribution in [0, 0.1) is 5.92 Å². The van der Waals surface area contributed by atoms with Gasteiger partial charge in [0.15, 0.2) is 0 Å². The Bertz CT molecular complexity index is 446. The predicted molar refractivity (Wildman–Crippen MR) is 75.4 cm³/mol. The number of halogens is 1. The molecular formula is C12H15ClN2OS. The Morgan fingerprint density at radius 2 is 2.18 bits per heavy atom. The summed E-state index contributed by atoms with van der Waals surface area (Å²) < 4.78 is 0. The molecule has 0 heterocycles. The van der Waals surface area contributed by atoms with Crippen molar-refractivity contribution >= 4 is 40.4 Å². The van der Waals surface area contributed by atoms with E-state index in [1.165, 1.54) is 0 Å². The number of nitrogens with two attached hydrogens (primary N) is 1. The van der Waals surface area contributed by atoms with Gasteiger partial charge in [0.05, 0.1) is 5.69 Å². The fourth-order valence-electron chi connectivity index (χ4n) is 1.41. The van der Waals surface area contributed by atoms with Gasteiger partial charge < -0.3 is 11.1 Å². The van der Waals surface area contributed by atoms with Crippen LogP contribution in [0.1, 0.15) is 25.8 Å². The van der Waals surface area contributed by atoms with E-state index >= 15 is 0 Å². The van der Waals surface area contributed by atoms with Gasteiger partial charge >= 0.3 is 0 Å². The molecule has 5 heteroatoms. The zero-order valence-electron chi connectivity index (χ0n) is 9.79. The summed E-state index contributed by atoms with van der Waals surface area (Å²) in [5.74, 6) is 0.224. The van der Waals surface area contributed by atoms with Crippen molar-refractivity contribution in [3.63, 3.8) is 0 Å². The number of nitrogens with one attached hydrogen (secondary N) is 1. The van der Waals surface area contributed by atoms with Crippen molar-refractivity contribution in [2.45, 2.75) is 20.3 Å². The first-order chi connectivity index (χ1) is 7.90. The maximum atomic E-state index is 11.7. The van der Waals surface area contributed by atoms with Gasteiger partial charge in [-0.3, -0.25) is 4.79 Å². The van der Waals surface area contributed by atoms with Crippen molar-refractivity contribution in [1.29, 1.82) is 0 Å². The van der Waals surface area contributed by atoms with E-state index in [2.05, 4.69) is 5.32 Å². The fourth-order valence-corrected chi connectivity index (χ4v) is 1.76. The first-order valence-corrected chi connectivity index (χ1v) is 6.08. The summed E-state index contributed by atoms with van der Waals surface area (Å²) in [6, 6.07) is 5.04. The van der Waals surface area contributed by atoms with Gasteiger partial charge in [-0.1, -0.05) is 37.7 Å². The van der Waals surface area contributed by atoms with Crippen molar-refractivity contribution in [3.05, 3.63) is 28.8 Å². The number of amides is 1. The summed E-state index contributed by atoms with van der Waals surface area (Å²) >= 11 is 10.8. The quantitative estimate of drug-likeness (QED) is 0.827. The number of hydrogen-bond donors (Lipinski definition) is 2. The number of rotatable bonds is 4.